The summed E-state index contributed by atoms with van der Waals surface area (Å²) in [6, 6.07) is 10.9. The number of aryl methyl sites for hydroxylation is 1. The number of carbonyl (C=O) groups excluding carboxylic acids is 2. The van der Waals surface area contributed by atoms with Crippen molar-refractivity contribution in [2.24, 2.45) is 0 Å². The van der Waals surface area contributed by atoms with Gasteiger partial charge in [-0.25, -0.2) is 0 Å². The van der Waals surface area contributed by atoms with E-state index in [1.54, 1.807) is 21.9 Å². The van der Waals surface area contributed by atoms with Crippen LogP contribution in [0.5, 0.6) is 0 Å². The second-order valence-corrected chi connectivity index (χ2v) is 6.09. The second-order valence-electron chi connectivity index (χ2n) is 6.09. The summed E-state index contributed by atoms with van der Waals surface area (Å²) < 4.78 is 10.9. The molecule has 1 saturated heterocycles. The molecule has 2 aromatic heterocycles. The van der Waals surface area contributed by atoms with Crippen molar-refractivity contribution < 1.29 is 18.4 Å². The maximum Gasteiger partial charge on any atom is 0.289 e. The summed E-state index contributed by atoms with van der Waals surface area (Å²) >= 11 is 0. The van der Waals surface area contributed by atoms with E-state index in [-0.39, 0.29) is 11.8 Å². The maximum atomic E-state index is 12.9. The summed E-state index contributed by atoms with van der Waals surface area (Å²) in [6.07, 6.45) is 1.49. The molecule has 0 spiro atoms. The van der Waals surface area contributed by atoms with Crippen LogP contribution in [0.15, 0.2) is 51.5 Å². The third-order valence-corrected chi connectivity index (χ3v) is 4.57. The summed E-state index contributed by atoms with van der Waals surface area (Å²) in [7, 11) is 0. The Hall–Kier alpha value is -3.02. The number of fused-ring (bicyclic) bond motifs is 1. The zero-order valence-electron chi connectivity index (χ0n) is 13.9. The molecule has 4 rings (SSSR count). The van der Waals surface area contributed by atoms with Gasteiger partial charge in [0.05, 0.1) is 11.8 Å². The van der Waals surface area contributed by atoms with Crippen LogP contribution in [0, 0.1) is 6.92 Å². The number of nitrogens with zero attached hydrogens (tertiary/aromatic N) is 2. The minimum absolute atomic E-state index is 0.0486. The van der Waals surface area contributed by atoms with Crippen molar-refractivity contribution in [2.45, 2.75) is 6.92 Å². The van der Waals surface area contributed by atoms with Gasteiger partial charge in [-0.3, -0.25) is 9.59 Å². The minimum atomic E-state index is -0.137. The Morgan fingerprint density at radius 2 is 1.60 bits per heavy atom. The maximum absolute atomic E-state index is 12.9. The molecule has 6 heteroatoms. The number of hydrogen-bond acceptors (Lipinski definition) is 4. The fourth-order valence-corrected chi connectivity index (χ4v) is 3.26. The van der Waals surface area contributed by atoms with Gasteiger partial charge in [-0.1, -0.05) is 18.2 Å². The second kappa shape index (κ2) is 6.12. The van der Waals surface area contributed by atoms with Gasteiger partial charge in [-0.15, -0.1) is 0 Å². The van der Waals surface area contributed by atoms with Crippen LogP contribution in [0.1, 0.15) is 26.7 Å². The van der Waals surface area contributed by atoms with Gasteiger partial charge in [0.1, 0.15) is 11.3 Å². The smallest absolute Gasteiger partial charge is 0.289 e. The van der Waals surface area contributed by atoms with E-state index in [9.17, 15) is 9.59 Å². The zero-order chi connectivity index (χ0) is 17.4. The highest BCUT2D eigenvalue weighted by Crippen LogP contribution is 2.27. The van der Waals surface area contributed by atoms with Gasteiger partial charge >= 0.3 is 0 Å². The van der Waals surface area contributed by atoms with Crippen LogP contribution < -0.4 is 0 Å². The van der Waals surface area contributed by atoms with Crippen molar-refractivity contribution >= 4 is 22.8 Å². The molecule has 1 aliphatic rings. The first-order valence-electron chi connectivity index (χ1n) is 8.25. The fraction of sp³-hybridized carbons (Fsp3) is 0.263. The van der Waals surface area contributed by atoms with Crippen molar-refractivity contribution in [1.82, 2.24) is 9.80 Å². The molecule has 0 saturated carbocycles. The molecular formula is C19H18N2O4. The molecule has 3 heterocycles. The van der Waals surface area contributed by atoms with Gasteiger partial charge in [0.2, 0.25) is 0 Å². The number of piperazine rings is 1. The van der Waals surface area contributed by atoms with E-state index >= 15 is 0 Å². The summed E-state index contributed by atoms with van der Waals surface area (Å²) in [6.45, 7) is 3.76. The van der Waals surface area contributed by atoms with E-state index in [2.05, 4.69) is 0 Å². The Balaban J connectivity index is 1.50. The van der Waals surface area contributed by atoms with Crippen LogP contribution in [0.4, 0.5) is 0 Å². The summed E-state index contributed by atoms with van der Waals surface area (Å²) in [5.74, 6) is 0.770. The number of benzene rings is 1. The average molecular weight is 338 g/mol. The first-order valence-corrected chi connectivity index (χ1v) is 8.25. The van der Waals surface area contributed by atoms with Gasteiger partial charge in [0, 0.05) is 31.6 Å². The van der Waals surface area contributed by atoms with Gasteiger partial charge in [-0.2, -0.15) is 0 Å². The van der Waals surface area contributed by atoms with Crippen molar-refractivity contribution in [3.05, 3.63) is 59.7 Å². The molecule has 1 aromatic carbocycles. The summed E-state index contributed by atoms with van der Waals surface area (Å²) in [5.41, 5.74) is 1.33. The van der Waals surface area contributed by atoms with Crippen molar-refractivity contribution in [3.63, 3.8) is 0 Å². The Kier molecular flexibility index (Phi) is 3.80. The molecule has 0 unspecified atom stereocenters. The van der Waals surface area contributed by atoms with Gasteiger partial charge in [0.15, 0.2) is 5.76 Å². The van der Waals surface area contributed by atoms with Gasteiger partial charge in [-0.05, 0) is 25.1 Å². The van der Waals surface area contributed by atoms with E-state index < -0.39 is 0 Å². The van der Waals surface area contributed by atoms with Crippen molar-refractivity contribution in [1.29, 1.82) is 0 Å². The van der Waals surface area contributed by atoms with Crippen molar-refractivity contribution in [2.75, 3.05) is 26.2 Å². The van der Waals surface area contributed by atoms with E-state index in [1.807, 2.05) is 31.2 Å². The molecule has 3 aromatic rings. The highest BCUT2D eigenvalue weighted by Gasteiger charge is 2.29. The van der Waals surface area contributed by atoms with Crippen LogP contribution in [0.2, 0.25) is 0 Å². The molecule has 0 atom stereocenters. The molecule has 128 valence electrons. The quantitative estimate of drug-likeness (QED) is 0.720. The molecule has 0 aliphatic carbocycles. The van der Waals surface area contributed by atoms with E-state index in [0.29, 0.717) is 43.3 Å². The third-order valence-electron chi connectivity index (χ3n) is 4.57. The van der Waals surface area contributed by atoms with Crippen LogP contribution in [-0.2, 0) is 0 Å². The SMILES string of the molecule is Cc1oc2ccccc2c1C(=O)N1CCN(C(=O)c2ccco2)CC1. The summed E-state index contributed by atoms with van der Waals surface area (Å²) in [5, 5.41) is 0.832. The average Bonchev–Trinajstić information content (AvgIpc) is 3.27. The molecule has 1 aliphatic heterocycles. The topological polar surface area (TPSA) is 66.9 Å². The highest BCUT2D eigenvalue weighted by atomic mass is 16.3. The minimum Gasteiger partial charge on any atom is -0.461 e. The molecule has 6 nitrogen and oxygen atoms in total. The monoisotopic (exact) mass is 338 g/mol. The largest absolute Gasteiger partial charge is 0.461 e. The van der Waals surface area contributed by atoms with Gasteiger partial charge < -0.3 is 18.6 Å². The number of furan rings is 2. The Labute approximate surface area is 144 Å². The van der Waals surface area contributed by atoms with E-state index in [1.165, 1.54) is 6.26 Å². The predicted octanol–water partition coefficient (Wildman–Crippen LogP) is 2.93. The molecule has 0 bridgehead atoms. The number of carbonyl (C=O) groups is 2. The molecule has 0 N–H and O–H groups in total. The molecular weight excluding hydrogens is 320 g/mol. The van der Waals surface area contributed by atoms with Crippen LogP contribution >= 0.6 is 0 Å². The molecule has 25 heavy (non-hydrogen) atoms. The van der Waals surface area contributed by atoms with Crippen LogP contribution in [-0.4, -0.2) is 47.8 Å². The molecule has 0 radical (unpaired) electrons. The summed E-state index contributed by atoms with van der Waals surface area (Å²) in [4.78, 5) is 28.7. The lowest BCUT2D eigenvalue weighted by atomic mass is 10.1. The fourth-order valence-electron chi connectivity index (χ4n) is 3.26. The lowest BCUT2D eigenvalue weighted by Crippen LogP contribution is -2.50. The lowest BCUT2D eigenvalue weighted by Gasteiger charge is -2.34. The number of rotatable bonds is 2. The van der Waals surface area contributed by atoms with Gasteiger partial charge in [0.25, 0.3) is 11.8 Å². The normalized spacial score (nSPS) is 14.9. The number of amides is 2. The Morgan fingerprint density at radius 1 is 0.920 bits per heavy atom. The zero-order valence-corrected chi connectivity index (χ0v) is 13.9. The Bertz CT molecular complexity index is 918. The standard InChI is InChI=1S/C19H18N2O4/c1-13-17(14-5-2-3-6-15(14)25-13)19(23)21-10-8-20(9-11-21)18(22)16-7-4-12-24-16/h2-7,12H,8-11H2,1H3. The predicted molar refractivity (Wildman–Crippen MR) is 91.5 cm³/mol. The third kappa shape index (κ3) is 2.69. The number of hydrogen-bond donors (Lipinski definition) is 0. The molecule has 2 amide bonds. The lowest BCUT2D eigenvalue weighted by molar-refractivity contribution is 0.0518. The van der Waals surface area contributed by atoms with Crippen LogP contribution in [0.3, 0.4) is 0 Å². The first kappa shape index (κ1) is 15.5. The highest BCUT2D eigenvalue weighted by molar-refractivity contribution is 6.07. The number of para-hydroxylation sites is 1. The Morgan fingerprint density at radius 3 is 2.28 bits per heavy atom. The van der Waals surface area contributed by atoms with E-state index in [0.717, 1.165) is 11.0 Å². The van der Waals surface area contributed by atoms with Crippen LogP contribution in [0.25, 0.3) is 11.0 Å². The molecule has 1 fully saturated rings. The van der Waals surface area contributed by atoms with Crippen molar-refractivity contribution in [3.8, 4) is 0 Å². The van der Waals surface area contributed by atoms with E-state index in [4.69, 9.17) is 8.83 Å². The first-order chi connectivity index (χ1) is 12.1.